The van der Waals surface area contributed by atoms with Gasteiger partial charge in [-0.1, -0.05) is 82.9 Å². The molecule has 2 aromatic heterocycles. The van der Waals surface area contributed by atoms with Crippen LogP contribution in [0.15, 0.2) is 60.1 Å². The Morgan fingerprint density at radius 3 is 2.24 bits per heavy atom. The second-order valence-electron chi connectivity index (χ2n) is 18.2. The van der Waals surface area contributed by atoms with Gasteiger partial charge in [-0.3, -0.25) is 19.2 Å². The lowest BCUT2D eigenvalue weighted by molar-refractivity contribution is -0.146. The first-order chi connectivity index (χ1) is 30.1. The number of amides is 3. The number of carbonyl (C=O) groups excluding carboxylic acids is 4. The average Bonchev–Trinajstić information content (AvgIpc) is 3.88. The van der Waals surface area contributed by atoms with Crippen LogP contribution in [0.5, 0.6) is 5.75 Å². The lowest BCUT2D eigenvalue weighted by Gasteiger charge is -2.36. The maximum Gasteiger partial charge on any atom is 0.243 e. The van der Waals surface area contributed by atoms with E-state index in [0.717, 1.165) is 65.9 Å². The molecule has 63 heavy (non-hydrogen) atoms. The van der Waals surface area contributed by atoms with E-state index in [1.54, 1.807) is 29.5 Å². The number of ketones is 1. The number of nitrogen functional groups attached to an aromatic ring is 1. The zero-order valence-electron chi connectivity index (χ0n) is 37.4. The quantitative estimate of drug-likeness (QED) is 0.0745. The van der Waals surface area contributed by atoms with E-state index < -0.39 is 23.5 Å². The molecule has 4 heterocycles. The first-order valence-corrected chi connectivity index (χ1v) is 23.2. The number of aromatic nitrogens is 3. The molecule has 4 atom stereocenters. The first-order valence-electron chi connectivity index (χ1n) is 22.4. The van der Waals surface area contributed by atoms with Gasteiger partial charge in [0.05, 0.1) is 39.6 Å². The molecule has 0 bridgehead atoms. The Labute approximate surface area is 375 Å². The zero-order valence-corrected chi connectivity index (χ0v) is 38.2. The molecular formula is C48H64N8O6S. The fraction of sp³-hybridized carbons (Fsp3) is 0.521. The molecule has 6 rings (SSSR count). The summed E-state index contributed by atoms with van der Waals surface area (Å²) in [6.45, 7) is 12.2. The number of aryl methyl sites for hydroxylation is 1. The molecule has 0 radical (unpaired) electrons. The number of Topliss-reactive ketones (excluding diaryl/α,β-unsaturated/α-hetero) is 1. The molecule has 0 saturated carbocycles. The molecule has 15 heteroatoms. The largest absolute Gasteiger partial charge is 0.507 e. The summed E-state index contributed by atoms with van der Waals surface area (Å²) in [6.07, 6.45) is 5.59. The summed E-state index contributed by atoms with van der Waals surface area (Å²) in [5.74, 6) is -0.605. The predicted molar refractivity (Wildman–Crippen MR) is 247 cm³/mol. The van der Waals surface area contributed by atoms with Crippen LogP contribution in [-0.4, -0.2) is 104 Å². The lowest BCUT2D eigenvalue weighted by Crippen LogP contribution is -2.50. The van der Waals surface area contributed by atoms with Gasteiger partial charge in [0.25, 0.3) is 0 Å². The molecule has 2 saturated heterocycles. The summed E-state index contributed by atoms with van der Waals surface area (Å²) in [7, 11) is 0. The number of β-amino-alcohol motifs (C(OH)–C–C–N with tert-alkyl or cyclic N) is 1. The molecule has 0 spiro atoms. The molecule has 2 fully saturated rings. The van der Waals surface area contributed by atoms with Crippen molar-refractivity contribution in [3.8, 4) is 27.4 Å². The zero-order chi connectivity index (χ0) is 45.3. The van der Waals surface area contributed by atoms with Gasteiger partial charge in [-0.2, -0.15) is 0 Å². The van der Waals surface area contributed by atoms with E-state index in [9.17, 15) is 29.4 Å². The summed E-state index contributed by atoms with van der Waals surface area (Å²) in [5.41, 5.74) is 12.3. The number of nitrogens with two attached hydrogens (primary N) is 1. The summed E-state index contributed by atoms with van der Waals surface area (Å²) in [6, 6.07) is 15.7. The van der Waals surface area contributed by atoms with E-state index >= 15 is 0 Å². The standard InChI is InChI=1S/C48H64N8O6S/c1-31(33-18-20-34(21-19-33)44-32(2)50-30-63-44)51-46(61)41-27-36(58)29-56(41)47(62)38(48(3,4)5)26-35(57)14-10-8-6-7-9-11-17-43(60)55-24-22-54(23-25-55)40-28-39(52-53-45(40)49)37-15-12-13-16-42(37)59/h12-13,15-16,18-21,28,30-31,36,38,41,58-59H,6-11,14,17,22-27,29H2,1-5H3,(H2,49,53)(H,51,61)/t31-,36+,38+,41-/m0/s1. The SMILES string of the molecule is Cc1ncsc1-c1ccc([C@H](C)NC(=O)[C@@H]2C[C@@H](O)CN2C(=O)[C@@H](CC(=O)CCCCCCCCC(=O)N2CCN(c3cc(-c4ccccc4O)nnc3N)CC2)C(C)(C)C)cc1. The van der Waals surface area contributed by atoms with Crippen molar-refractivity contribution in [2.45, 2.75) is 117 Å². The summed E-state index contributed by atoms with van der Waals surface area (Å²) < 4.78 is 0. The van der Waals surface area contributed by atoms with Crippen molar-refractivity contribution in [2.24, 2.45) is 11.3 Å². The van der Waals surface area contributed by atoms with E-state index in [0.29, 0.717) is 56.1 Å². The van der Waals surface area contributed by atoms with Gasteiger partial charge in [0, 0.05) is 69.9 Å². The molecule has 14 nitrogen and oxygen atoms in total. The number of phenolic OH excluding ortho intramolecular Hbond substituents is 1. The van der Waals surface area contributed by atoms with Gasteiger partial charge >= 0.3 is 0 Å². The number of anilines is 2. The lowest BCUT2D eigenvalue weighted by atomic mass is 9.76. The predicted octanol–water partition coefficient (Wildman–Crippen LogP) is 7.09. The topological polar surface area (TPSA) is 195 Å². The first kappa shape index (κ1) is 47.1. The number of hydrogen-bond acceptors (Lipinski definition) is 12. The molecule has 2 aliphatic heterocycles. The molecule has 3 amide bonds. The normalized spacial score (nSPS) is 17.7. The minimum atomic E-state index is -0.823. The molecule has 0 aliphatic carbocycles. The summed E-state index contributed by atoms with van der Waals surface area (Å²) in [4.78, 5) is 65.1. The van der Waals surface area contributed by atoms with Crippen LogP contribution in [0, 0.1) is 18.3 Å². The highest BCUT2D eigenvalue weighted by Crippen LogP contribution is 2.35. The van der Waals surface area contributed by atoms with Gasteiger partial charge < -0.3 is 36.0 Å². The van der Waals surface area contributed by atoms with Crippen LogP contribution in [0.4, 0.5) is 11.5 Å². The van der Waals surface area contributed by atoms with E-state index in [1.807, 2.05) is 81.4 Å². The number of thiazole rings is 1. The van der Waals surface area contributed by atoms with Crippen LogP contribution in [0.25, 0.3) is 21.7 Å². The Morgan fingerprint density at radius 2 is 1.59 bits per heavy atom. The minimum absolute atomic E-state index is 0.0270. The third-order valence-corrected chi connectivity index (χ3v) is 13.4. The molecule has 2 aliphatic rings. The van der Waals surface area contributed by atoms with Crippen molar-refractivity contribution in [3.63, 3.8) is 0 Å². The number of aliphatic hydroxyl groups excluding tert-OH is 1. The number of piperazine rings is 1. The number of aliphatic hydroxyl groups is 1. The minimum Gasteiger partial charge on any atom is -0.507 e. The monoisotopic (exact) mass is 880 g/mol. The fourth-order valence-electron chi connectivity index (χ4n) is 8.62. The smallest absolute Gasteiger partial charge is 0.243 e. The highest BCUT2D eigenvalue weighted by Gasteiger charge is 2.44. The Kier molecular flexibility index (Phi) is 15.9. The van der Waals surface area contributed by atoms with E-state index in [4.69, 9.17) is 5.73 Å². The fourth-order valence-corrected chi connectivity index (χ4v) is 9.43. The van der Waals surface area contributed by atoms with Gasteiger partial charge in [0.2, 0.25) is 17.7 Å². The second kappa shape index (κ2) is 21.3. The average molecular weight is 881 g/mol. The van der Waals surface area contributed by atoms with Gasteiger partial charge in [-0.15, -0.1) is 21.5 Å². The van der Waals surface area contributed by atoms with Crippen molar-refractivity contribution in [2.75, 3.05) is 43.4 Å². The van der Waals surface area contributed by atoms with Crippen LogP contribution in [0.3, 0.4) is 0 Å². The van der Waals surface area contributed by atoms with Crippen molar-refractivity contribution in [1.82, 2.24) is 30.3 Å². The van der Waals surface area contributed by atoms with Crippen LogP contribution in [-0.2, 0) is 19.2 Å². The molecule has 338 valence electrons. The van der Waals surface area contributed by atoms with Crippen LogP contribution >= 0.6 is 11.3 Å². The van der Waals surface area contributed by atoms with E-state index in [1.165, 1.54) is 4.90 Å². The Bertz CT molecular complexity index is 2200. The van der Waals surface area contributed by atoms with E-state index in [2.05, 4.69) is 25.4 Å². The molecule has 0 unspecified atom stereocenters. The summed E-state index contributed by atoms with van der Waals surface area (Å²) >= 11 is 1.59. The maximum absolute atomic E-state index is 14.1. The number of unbranched alkanes of at least 4 members (excludes halogenated alkanes) is 5. The number of phenols is 1. The molecular weight excluding hydrogens is 817 g/mol. The Balaban J connectivity index is 0.883. The van der Waals surface area contributed by atoms with Crippen molar-refractivity contribution in [1.29, 1.82) is 0 Å². The number of rotatable bonds is 18. The van der Waals surface area contributed by atoms with Crippen molar-refractivity contribution in [3.05, 3.63) is 71.4 Å². The van der Waals surface area contributed by atoms with E-state index in [-0.39, 0.29) is 54.7 Å². The van der Waals surface area contributed by atoms with Crippen LogP contribution in [0.2, 0.25) is 0 Å². The number of nitrogens with zero attached hydrogens (tertiary/aromatic N) is 6. The van der Waals surface area contributed by atoms with Crippen LogP contribution < -0.4 is 16.0 Å². The number of aromatic hydroxyl groups is 1. The number of nitrogens with one attached hydrogen (secondary N) is 1. The van der Waals surface area contributed by atoms with Gasteiger partial charge in [-0.05, 0) is 61.4 Å². The Morgan fingerprint density at radius 1 is 0.921 bits per heavy atom. The summed E-state index contributed by atoms with van der Waals surface area (Å²) in [5, 5.41) is 32.3. The van der Waals surface area contributed by atoms with Crippen molar-refractivity contribution < 1.29 is 29.4 Å². The molecule has 5 N–H and O–H groups in total. The number of benzene rings is 2. The van der Waals surface area contributed by atoms with Gasteiger partial charge in [0.15, 0.2) is 5.82 Å². The number of likely N-dealkylation sites (tertiary alicyclic amines) is 1. The maximum atomic E-state index is 14.1. The van der Waals surface area contributed by atoms with Crippen LogP contribution in [0.1, 0.15) is 109 Å². The van der Waals surface area contributed by atoms with Crippen molar-refractivity contribution >= 4 is 46.3 Å². The number of carbonyl (C=O) groups is 4. The highest BCUT2D eigenvalue weighted by atomic mass is 32.1. The third kappa shape index (κ3) is 12.2. The number of hydrogen-bond donors (Lipinski definition) is 4. The van der Waals surface area contributed by atoms with Gasteiger partial charge in [0.1, 0.15) is 17.6 Å². The highest BCUT2D eigenvalue weighted by molar-refractivity contribution is 7.13. The molecule has 2 aromatic carbocycles. The van der Waals surface area contributed by atoms with Gasteiger partial charge in [-0.25, -0.2) is 4.98 Å². The third-order valence-electron chi connectivity index (χ3n) is 12.5. The Hall–Kier alpha value is -5.41. The second-order valence-corrected chi connectivity index (χ2v) is 19.0. The number of para-hydroxylation sites is 1. The molecule has 4 aromatic rings.